The topological polar surface area (TPSA) is 67.2 Å². The molecule has 1 amide bonds. The van der Waals surface area contributed by atoms with Crippen LogP contribution >= 0.6 is 23.8 Å². The summed E-state index contributed by atoms with van der Waals surface area (Å²) in [5, 5.41) is 6.31. The summed E-state index contributed by atoms with van der Waals surface area (Å²) >= 11 is 11.0. The number of nitrogens with two attached hydrogens (primary N) is 1. The summed E-state index contributed by atoms with van der Waals surface area (Å²) in [6.07, 6.45) is 0. The van der Waals surface area contributed by atoms with Crippen LogP contribution in [0.3, 0.4) is 0 Å². The van der Waals surface area contributed by atoms with Gasteiger partial charge in [0, 0.05) is 11.2 Å². The van der Waals surface area contributed by atoms with E-state index in [1.807, 2.05) is 20.8 Å². The Kier molecular flexibility index (Phi) is 5.14. The number of hydrogen-bond acceptors (Lipinski definition) is 3. The summed E-state index contributed by atoms with van der Waals surface area (Å²) in [5.41, 5.74) is 6.58. The third-order valence-electron chi connectivity index (χ3n) is 2.21. The van der Waals surface area contributed by atoms with E-state index in [2.05, 4.69) is 10.6 Å². The average molecular weight is 300 g/mol. The van der Waals surface area contributed by atoms with Crippen LogP contribution in [0.15, 0.2) is 18.2 Å². The number of anilines is 1. The standard InChI is InChI=1S/C13H18ClN3OS/c1-13(2,3)17-10(18)7-16-9-6-4-5-8(14)11(9)12(15)19/h4-6,16H,7H2,1-3H3,(H2,15,19)(H,17,18). The summed E-state index contributed by atoms with van der Waals surface area (Å²) in [5.74, 6) is -0.110. The van der Waals surface area contributed by atoms with Gasteiger partial charge in [-0.15, -0.1) is 0 Å². The van der Waals surface area contributed by atoms with E-state index in [0.29, 0.717) is 16.3 Å². The molecule has 0 aromatic heterocycles. The first-order chi connectivity index (χ1) is 8.70. The van der Waals surface area contributed by atoms with E-state index in [-0.39, 0.29) is 23.0 Å². The molecule has 0 atom stereocenters. The summed E-state index contributed by atoms with van der Waals surface area (Å²) in [6, 6.07) is 5.26. The zero-order valence-corrected chi connectivity index (χ0v) is 12.8. The van der Waals surface area contributed by atoms with Crippen molar-refractivity contribution in [2.75, 3.05) is 11.9 Å². The van der Waals surface area contributed by atoms with Gasteiger partial charge in [0.05, 0.1) is 17.1 Å². The summed E-state index contributed by atoms with van der Waals surface area (Å²) < 4.78 is 0. The van der Waals surface area contributed by atoms with Crippen molar-refractivity contribution in [3.05, 3.63) is 28.8 Å². The fraction of sp³-hybridized carbons (Fsp3) is 0.385. The van der Waals surface area contributed by atoms with Crippen molar-refractivity contribution in [2.24, 2.45) is 5.73 Å². The summed E-state index contributed by atoms with van der Waals surface area (Å²) in [4.78, 5) is 11.9. The molecule has 104 valence electrons. The Bertz CT molecular complexity index is 497. The smallest absolute Gasteiger partial charge is 0.239 e. The van der Waals surface area contributed by atoms with Gasteiger partial charge < -0.3 is 16.4 Å². The maximum Gasteiger partial charge on any atom is 0.239 e. The highest BCUT2D eigenvalue weighted by Gasteiger charge is 2.14. The van der Waals surface area contributed by atoms with Gasteiger partial charge in [-0.05, 0) is 32.9 Å². The number of nitrogens with one attached hydrogen (secondary N) is 2. The van der Waals surface area contributed by atoms with Gasteiger partial charge in [-0.2, -0.15) is 0 Å². The average Bonchev–Trinajstić information content (AvgIpc) is 2.23. The van der Waals surface area contributed by atoms with Crippen molar-refractivity contribution in [3.8, 4) is 0 Å². The Morgan fingerprint density at radius 2 is 2.05 bits per heavy atom. The molecular weight excluding hydrogens is 282 g/mol. The van der Waals surface area contributed by atoms with Crippen LogP contribution in [0.1, 0.15) is 26.3 Å². The first kappa shape index (κ1) is 15.7. The molecule has 0 saturated carbocycles. The highest BCUT2D eigenvalue weighted by atomic mass is 35.5. The van der Waals surface area contributed by atoms with Crippen molar-refractivity contribution in [3.63, 3.8) is 0 Å². The molecule has 0 saturated heterocycles. The monoisotopic (exact) mass is 299 g/mol. The third kappa shape index (κ3) is 5.04. The van der Waals surface area contributed by atoms with Crippen LogP contribution in [0.25, 0.3) is 0 Å². The SMILES string of the molecule is CC(C)(C)NC(=O)CNc1cccc(Cl)c1C(N)=S. The number of carbonyl (C=O) groups excluding carboxylic acids is 1. The maximum absolute atomic E-state index is 11.7. The normalized spacial score (nSPS) is 10.9. The molecule has 0 spiro atoms. The van der Waals surface area contributed by atoms with E-state index < -0.39 is 0 Å². The van der Waals surface area contributed by atoms with Crippen molar-refractivity contribution in [2.45, 2.75) is 26.3 Å². The van der Waals surface area contributed by atoms with Crippen LogP contribution < -0.4 is 16.4 Å². The lowest BCUT2D eigenvalue weighted by Crippen LogP contribution is -2.43. The number of rotatable bonds is 4. The van der Waals surface area contributed by atoms with E-state index in [1.165, 1.54) is 0 Å². The van der Waals surface area contributed by atoms with E-state index in [1.54, 1.807) is 18.2 Å². The zero-order chi connectivity index (χ0) is 14.6. The Labute approximate surface area is 123 Å². The van der Waals surface area contributed by atoms with Crippen LogP contribution in [0.2, 0.25) is 5.02 Å². The second-order valence-corrected chi connectivity index (χ2v) is 6.03. The molecule has 0 bridgehead atoms. The third-order valence-corrected chi connectivity index (χ3v) is 2.73. The molecule has 1 aromatic rings. The van der Waals surface area contributed by atoms with Crippen molar-refractivity contribution in [1.82, 2.24) is 5.32 Å². The minimum atomic E-state index is -0.265. The molecule has 6 heteroatoms. The molecule has 19 heavy (non-hydrogen) atoms. The number of hydrogen-bond donors (Lipinski definition) is 3. The van der Waals surface area contributed by atoms with Crippen molar-refractivity contribution < 1.29 is 4.79 Å². The van der Waals surface area contributed by atoms with Crippen molar-refractivity contribution in [1.29, 1.82) is 0 Å². The largest absolute Gasteiger partial charge is 0.389 e. The van der Waals surface area contributed by atoms with Gasteiger partial charge >= 0.3 is 0 Å². The molecule has 0 aliphatic rings. The lowest BCUT2D eigenvalue weighted by atomic mass is 10.1. The number of thiocarbonyl (C=S) groups is 1. The molecule has 0 aliphatic carbocycles. The van der Waals surface area contributed by atoms with Crippen LogP contribution in [0.5, 0.6) is 0 Å². The van der Waals surface area contributed by atoms with Gasteiger partial charge in [-0.1, -0.05) is 29.9 Å². The van der Waals surface area contributed by atoms with E-state index in [0.717, 1.165) is 0 Å². The lowest BCUT2D eigenvalue weighted by molar-refractivity contribution is -0.120. The summed E-state index contributed by atoms with van der Waals surface area (Å²) in [7, 11) is 0. The lowest BCUT2D eigenvalue weighted by Gasteiger charge is -2.21. The number of carbonyl (C=O) groups is 1. The molecule has 0 unspecified atom stereocenters. The van der Waals surface area contributed by atoms with Gasteiger partial charge in [0.1, 0.15) is 4.99 Å². The van der Waals surface area contributed by atoms with E-state index in [4.69, 9.17) is 29.6 Å². The second-order valence-electron chi connectivity index (χ2n) is 5.18. The van der Waals surface area contributed by atoms with Gasteiger partial charge in [0.2, 0.25) is 5.91 Å². The van der Waals surface area contributed by atoms with Crippen molar-refractivity contribution >= 4 is 40.4 Å². The minimum absolute atomic E-state index is 0.110. The molecule has 1 rings (SSSR count). The van der Waals surface area contributed by atoms with Gasteiger partial charge in [0.15, 0.2) is 0 Å². The first-order valence-electron chi connectivity index (χ1n) is 5.84. The van der Waals surface area contributed by atoms with Crippen LogP contribution in [0, 0.1) is 0 Å². The Morgan fingerprint density at radius 3 is 2.58 bits per heavy atom. The molecule has 0 heterocycles. The first-order valence-corrected chi connectivity index (χ1v) is 6.62. The van der Waals surface area contributed by atoms with Gasteiger partial charge in [-0.3, -0.25) is 4.79 Å². The Balaban J connectivity index is 2.76. The highest BCUT2D eigenvalue weighted by Crippen LogP contribution is 2.24. The predicted molar refractivity (Wildman–Crippen MR) is 83.7 cm³/mol. The Hall–Kier alpha value is -1.33. The zero-order valence-electron chi connectivity index (χ0n) is 11.2. The highest BCUT2D eigenvalue weighted by molar-refractivity contribution is 7.80. The minimum Gasteiger partial charge on any atom is -0.389 e. The molecule has 4 nitrogen and oxygen atoms in total. The molecule has 0 aliphatic heterocycles. The number of amides is 1. The molecule has 0 fully saturated rings. The predicted octanol–water partition coefficient (Wildman–Crippen LogP) is 2.30. The molecular formula is C13H18ClN3OS. The second kappa shape index (κ2) is 6.21. The van der Waals surface area contributed by atoms with Gasteiger partial charge in [0.25, 0.3) is 0 Å². The number of benzene rings is 1. The molecule has 4 N–H and O–H groups in total. The fourth-order valence-corrected chi connectivity index (χ4v) is 2.11. The van der Waals surface area contributed by atoms with Crippen LogP contribution in [-0.4, -0.2) is 23.0 Å². The summed E-state index contributed by atoms with van der Waals surface area (Å²) in [6.45, 7) is 5.90. The fourth-order valence-electron chi connectivity index (χ4n) is 1.56. The van der Waals surface area contributed by atoms with Crippen LogP contribution in [-0.2, 0) is 4.79 Å². The molecule has 1 aromatic carbocycles. The van der Waals surface area contributed by atoms with Gasteiger partial charge in [-0.25, -0.2) is 0 Å². The van der Waals surface area contributed by atoms with Crippen LogP contribution in [0.4, 0.5) is 5.69 Å². The number of halogens is 1. The Morgan fingerprint density at radius 1 is 1.42 bits per heavy atom. The van der Waals surface area contributed by atoms with E-state index >= 15 is 0 Å². The maximum atomic E-state index is 11.7. The molecule has 0 radical (unpaired) electrons. The quantitative estimate of drug-likeness (QED) is 0.746. The van der Waals surface area contributed by atoms with E-state index in [9.17, 15) is 4.79 Å².